The SMILES string of the molecule is O=C(Nc1ccc(S(=O)(=O)Nc2ccccc2)cc1)c1ccc(NS(=O)(=O)c2cccs2)cc1. The first-order chi connectivity index (χ1) is 16.2. The van der Waals surface area contributed by atoms with Crippen molar-refractivity contribution in [3.8, 4) is 0 Å². The number of carbonyl (C=O) groups excluding carboxylic acids is 1. The van der Waals surface area contributed by atoms with Crippen molar-refractivity contribution in [1.82, 2.24) is 0 Å². The zero-order chi connectivity index (χ0) is 24.2. The van der Waals surface area contributed by atoms with E-state index in [2.05, 4.69) is 14.8 Å². The number of amides is 1. The Morgan fingerprint density at radius 1 is 0.618 bits per heavy atom. The molecule has 3 aromatic carbocycles. The molecule has 174 valence electrons. The van der Waals surface area contributed by atoms with Gasteiger partial charge in [-0.2, -0.15) is 0 Å². The fraction of sp³-hybridized carbons (Fsp3) is 0. The lowest BCUT2D eigenvalue weighted by atomic mass is 10.2. The van der Waals surface area contributed by atoms with Crippen LogP contribution in [0.2, 0.25) is 0 Å². The van der Waals surface area contributed by atoms with Crippen molar-refractivity contribution >= 4 is 54.4 Å². The number of anilines is 3. The summed E-state index contributed by atoms with van der Waals surface area (Å²) in [7, 11) is -7.44. The van der Waals surface area contributed by atoms with Gasteiger partial charge < -0.3 is 5.32 Å². The minimum Gasteiger partial charge on any atom is -0.322 e. The smallest absolute Gasteiger partial charge is 0.271 e. The van der Waals surface area contributed by atoms with Gasteiger partial charge in [0.05, 0.1) is 4.90 Å². The number of nitrogens with one attached hydrogen (secondary N) is 3. The highest BCUT2D eigenvalue weighted by atomic mass is 32.2. The second kappa shape index (κ2) is 9.67. The summed E-state index contributed by atoms with van der Waals surface area (Å²) in [6.45, 7) is 0. The van der Waals surface area contributed by atoms with E-state index in [1.54, 1.807) is 41.8 Å². The van der Waals surface area contributed by atoms with Crippen LogP contribution >= 0.6 is 11.3 Å². The number of benzene rings is 3. The van der Waals surface area contributed by atoms with E-state index in [1.165, 1.54) is 54.6 Å². The summed E-state index contributed by atoms with van der Waals surface area (Å²) in [6, 6.07) is 23.4. The number of hydrogen-bond acceptors (Lipinski definition) is 6. The van der Waals surface area contributed by atoms with Crippen molar-refractivity contribution in [2.75, 3.05) is 14.8 Å². The second-order valence-corrected chi connectivity index (χ2v) is 11.6. The third-order valence-corrected chi connectivity index (χ3v) is 8.78. The normalized spacial score (nSPS) is 11.5. The molecule has 0 saturated carbocycles. The number of rotatable bonds is 8. The van der Waals surface area contributed by atoms with Crippen LogP contribution in [-0.2, 0) is 20.0 Å². The van der Waals surface area contributed by atoms with Gasteiger partial charge in [-0.3, -0.25) is 14.2 Å². The Morgan fingerprint density at radius 3 is 1.82 bits per heavy atom. The highest BCUT2D eigenvalue weighted by Gasteiger charge is 2.16. The fourth-order valence-electron chi connectivity index (χ4n) is 2.95. The van der Waals surface area contributed by atoms with Crippen molar-refractivity contribution in [2.24, 2.45) is 0 Å². The summed E-state index contributed by atoms with van der Waals surface area (Å²) in [6.07, 6.45) is 0. The number of thiophene rings is 1. The van der Waals surface area contributed by atoms with Gasteiger partial charge in [-0.05, 0) is 72.1 Å². The molecule has 8 nitrogen and oxygen atoms in total. The molecule has 0 fully saturated rings. The molecule has 1 heterocycles. The first-order valence-electron chi connectivity index (χ1n) is 9.89. The highest BCUT2D eigenvalue weighted by Crippen LogP contribution is 2.22. The highest BCUT2D eigenvalue weighted by molar-refractivity contribution is 7.94. The molecule has 0 aliphatic carbocycles. The summed E-state index contributed by atoms with van der Waals surface area (Å²) in [5.41, 5.74) is 1.49. The molecular weight excluding hydrogens is 494 g/mol. The van der Waals surface area contributed by atoms with Crippen LogP contribution in [0.3, 0.4) is 0 Å². The van der Waals surface area contributed by atoms with Crippen molar-refractivity contribution in [3.63, 3.8) is 0 Å². The predicted octanol–water partition coefficient (Wildman–Crippen LogP) is 4.60. The minimum atomic E-state index is -3.76. The summed E-state index contributed by atoms with van der Waals surface area (Å²) < 4.78 is 54.8. The van der Waals surface area contributed by atoms with Crippen LogP contribution in [0.5, 0.6) is 0 Å². The van der Waals surface area contributed by atoms with Crippen LogP contribution in [0.4, 0.5) is 17.1 Å². The Hall–Kier alpha value is -3.67. The van der Waals surface area contributed by atoms with E-state index in [-0.39, 0.29) is 9.10 Å². The second-order valence-electron chi connectivity index (χ2n) is 7.06. The molecule has 0 aliphatic rings. The van der Waals surface area contributed by atoms with Gasteiger partial charge in [0.25, 0.3) is 26.0 Å². The van der Waals surface area contributed by atoms with Crippen molar-refractivity contribution in [3.05, 3.63) is 102 Å². The van der Waals surface area contributed by atoms with E-state index in [1.807, 2.05) is 0 Å². The summed E-state index contributed by atoms with van der Waals surface area (Å²) >= 11 is 1.10. The lowest BCUT2D eigenvalue weighted by molar-refractivity contribution is 0.102. The predicted molar refractivity (Wildman–Crippen MR) is 133 cm³/mol. The lowest BCUT2D eigenvalue weighted by Gasteiger charge is -2.10. The van der Waals surface area contributed by atoms with E-state index in [9.17, 15) is 21.6 Å². The van der Waals surface area contributed by atoms with Gasteiger partial charge in [-0.25, -0.2) is 16.8 Å². The monoisotopic (exact) mass is 513 g/mol. The molecule has 11 heteroatoms. The van der Waals surface area contributed by atoms with Crippen LogP contribution in [0, 0.1) is 0 Å². The van der Waals surface area contributed by atoms with Crippen molar-refractivity contribution in [1.29, 1.82) is 0 Å². The molecule has 1 aromatic heterocycles. The van der Waals surface area contributed by atoms with Gasteiger partial charge in [0.15, 0.2) is 0 Å². The third-order valence-electron chi connectivity index (χ3n) is 4.61. The number of carbonyl (C=O) groups is 1. The molecule has 0 saturated heterocycles. The van der Waals surface area contributed by atoms with E-state index in [0.29, 0.717) is 22.6 Å². The zero-order valence-corrected chi connectivity index (χ0v) is 20.0. The van der Waals surface area contributed by atoms with Crippen LogP contribution in [0.25, 0.3) is 0 Å². The average Bonchev–Trinajstić information content (AvgIpc) is 3.36. The number of para-hydroxylation sites is 1. The largest absolute Gasteiger partial charge is 0.322 e. The standard InChI is InChI=1S/C23H19N3O5S3/c27-23(17-8-10-20(11-9-17)26-34(30,31)22-7-4-16-32-22)24-18-12-14-21(15-13-18)33(28,29)25-19-5-2-1-3-6-19/h1-16,25-26H,(H,24,27). The van der Waals surface area contributed by atoms with Gasteiger partial charge in [0.2, 0.25) is 0 Å². The average molecular weight is 514 g/mol. The van der Waals surface area contributed by atoms with Crippen molar-refractivity contribution in [2.45, 2.75) is 9.10 Å². The van der Waals surface area contributed by atoms with E-state index in [4.69, 9.17) is 0 Å². The van der Waals surface area contributed by atoms with Crippen LogP contribution < -0.4 is 14.8 Å². The van der Waals surface area contributed by atoms with Gasteiger partial charge in [-0.1, -0.05) is 24.3 Å². The maximum atomic E-state index is 12.5. The Bertz CT molecular complexity index is 1480. The summed E-state index contributed by atoms with van der Waals surface area (Å²) in [5.74, 6) is -0.425. The number of hydrogen-bond donors (Lipinski definition) is 3. The molecule has 0 spiro atoms. The summed E-state index contributed by atoms with van der Waals surface area (Å²) in [5, 5.41) is 4.36. The Morgan fingerprint density at radius 2 is 1.21 bits per heavy atom. The molecule has 0 bridgehead atoms. The van der Waals surface area contributed by atoms with Crippen LogP contribution in [0.1, 0.15) is 10.4 Å². The first kappa shape index (κ1) is 23.5. The summed E-state index contributed by atoms with van der Waals surface area (Å²) in [4.78, 5) is 12.6. The van der Waals surface area contributed by atoms with E-state index >= 15 is 0 Å². The molecular formula is C23H19N3O5S3. The van der Waals surface area contributed by atoms with Crippen molar-refractivity contribution < 1.29 is 21.6 Å². The van der Waals surface area contributed by atoms with Gasteiger partial charge in [-0.15, -0.1) is 11.3 Å². The molecule has 0 radical (unpaired) electrons. The molecule has 4 aromatic rings. The Balaban J connectivity index is 1.40. The van der Waals surface area contributed by atoms with E-state index < -0.39 is 26.0 Å². The number of sulfonamides is 2. The molecule has 1 amide bonds. The third kappa shape index (κ3) is 5.63. The Kier molecular flexibility index (Phi) is 6.68. The topological polar surface area (TPSA) is 121 Å². The quantitative estimate of drug-likeness (QED) is 0.318. The minimum absolute atomic E-state index is 0.0525. The maximum Gasteiger partial charge on any atom is 0.271 e. The van der Waals surface area contributed by atoms with Crippen LogP contribution in [0.15, 0.2) is 105 Å². The molecule has 0 atom stereocenters. The van der Waals surface area contributed by atoms with Gasteiger partial charge in [0.1, 0.15) is 4.21 Å². The molecule has 4 rings (SSSR count). The van der Waals surface area contributed by atoms with Gasteiger partial charge in [0, 0.05) is 22.6 Å². The molecule has 34 heavy (non-hydrogen) atoms. The van der Waals surface area contributed by atoms with Gasteiger partial charge >= 0.3 is 0 Å². The molecule has 0 aliphatic heterocycles. The fourth-order valence-corrected chi connectivity index (χ4v) is 6.06. The zero-order valence-electron chi connectivity index (χ0n) is 17.5. The lowest BCUT2D eigenvalue weighted by Crippen LogP contribution is -2.14. The maximum absolute atomic E-state index is 12.5. The first-order valence-corrected chi connectivity index (χ1v) is 13.7. The molecule has 0 unspecified atom stereocenters. The van der Waals surface area contributed by atoms with Crippen LogP contribution in [-0.4, -0.2) is 22.7 Å². The van der Waals surface area contributed by atoms with E-state index in [0.717, 1.165) is 11.3 Å². The molecule has 3 N–H and O–H groups in total. The Labute approximate surface area is 201 Å².